The predicted octanol–water partition coefficient (Wildman–Crippen LogP) is -4.05. The van der Waals surface area contributed by atoms with Gasteiger partial charge in [0.1, 0.15) is 0 Å². The van der Waals surface area contributed by atoms with Crippen molar-refractivity contribution < 1.29 is 51.4 Å². The third-order valence-electron chi connectivity index (χ3n) is 0. The molecule has 0 saturated carbocycles. The van der Waals surface area contributed by atoms with Gasteiger partial charge in [0.25, 0.3) is 0 Å². The summed E-state index contributed by atoms with van der Waals surface area (Å²) in [6.07, 6.45) is 0. The molecule has 0 amide bonds. The molecule has 0 atom stereocenters. The van der Waals surface area contributed by atoms with Crippen molar-refractivity contribution in [1.29, 1.82) is 0 Å². The van der Waals surface area contributed by atoms with E-state index in [4.69, 9.17) is 5.21 Å². The molecule has 4 heavy (non-hydrogen) atoms. The Bertz CT molecular complexity index is 6.00. The predicted molar refractivity (Wildman–Crippen MR) is 10.7 cm³/mol. The summed E-state index contributed by atoms with van der Waals surface area (Å²) < 4.78 is 0. The van der Waals surface area contributed by atoms with E-state index in [0.717, 1.165) is 5.59 Å². The van der Waals surface area contributed by atoms with E-state index in [-0.39, 0.29) is 51.4 Å². The van der Waals surface area contributed by atoms with Crippen molar-refractivity contribution in [2.24, 2.45) is 5.84 Å². The molecule has 0 bridgehead atoms. The molecular formula is H3KN2O. The van der Waals surface area contributed by atoms with E-state index in [1.807, 2.05) is 0 Å². The normalized spacial score (nSPS) is 4.50. The molecule has 3 nitrogen and oxygen atoms in total. The molecule has 0 fully saturated rings. The fourth-order valence-corrected chi connectivity index (χ4v) is 0. The Morgan fingerprint density at radius 3 is 1.75 bits per heavy atom. The molecule has 0 aliphatic heterocycles. The summed E-state index contributed by atoms with van der Waals surface area (Å²) in [5.41, 5.74) is 1.00. The molecule has 0 aromatic carbocycles. The van der Waals surface area contributed by atoms with Gasteiger partial charge in [-0.05, 0) is 0 Å². The van der Waals surface area contributed by atoms with Crippen LogP contribution in [0.25, 0.3) is 0 Å². The zero-order valence-corrected chi connectivity index (χ0v) is 5.61. The van der Waals surface area contributed by atoms with E-state index >= 15 is 0 Å². The van der Waals surface area contributed by atoms with Crippen molar-refractivity contribution in [1.82, 2.24) is 5.59 Å². The van der Waals surface area contributed by atoms with E-state index < -0.39 is 0 Å². The largest absolute Gasteiger partial charge is 1.00 e. The topological polar surface area (TPSA) is 61.1 Å². The first-order chi connectivity index (χ1) is 1.41. The Balaban J connectivity index is 0. The summed E-state index contributed by atoms with van der Waals surface area (Å²) >= 11 is 0. The summed E-state index contributed by atoms with van der Waals surface area (Å²) in [6, 6.07) is 0. The number of rotatable bonds is 0. The van der Waals surface area contributed by atoms with Gasteiger partial charge in [0, 0.05) is 0 Å². The van der Waals surface area contributed by atoms with Crippen molar-refractivity contribution in [2.75, 3.05) is 0 Å². The molecule has 0 aromatic heterocycles. The molecule has 0 unspecified atom stereocenters. The number of nitrogens with two attached hydrogens (primary N) is 1. The number of hydrogen-bond acceptors (Lipinski definition) is 3. The fraction of sp³-hybridized carbons (Fsp3) is 0. The Labute approximate surface area is 66.9 Å². The first-order valence-electron chi connectivity index (χ1n) is 0.493. The molecule has 0 heterocycles. The molecule has 0 aliphatic rings. The zero-order valence-electron chi connectivity index (χ0n) is 2.49. The fourth-order valence-electron chi connectivity index (χ4n) is 0. The third kappa shape index (κ3) is 9.68. The first-order valence-corrected chi connectivity index (χ1v) is 0.493. The van der Waals surface area contributed by atoms with Gasteiger partial charge in [-0.2, -0.15) is 0 Å². The third-order valence-corrected chi connectivity index (χ3v) is 0. The van der Waals surface area contributed by atoms with Crippen molar-refractivity contribution in [2.45, 2.75) is 0 Å². The summed E-state index contributed by atoms with van der Waals surface area (Å²) in [5, 5.41) is 8.46. The molecule has 0 aromatic rings. The minimum absolute atomic E-state index is 0. The number of hydrazine groups is 1. The van der Waals surface area contributed by atoms with Gasteiger partial charge in [0.05, 0.1) is 0 Å². The van der Waals surface area contributed by atoms with Crippen LogP contribution in [0.3, 0.4) is 0 Å². The molecule has 4 heteroatoms. The first kappa shape index (κ1) is 9.10. The standard InChI is InChI=1S/K.H3N2O/c;1-2-3/h;2H,1H2/q+1;-1. The van der Waals surface area contributed by atoms with E-state index in [1.54, 1.807) is 0 Å². The van der Waals surface area contributed by atoms with Gasteiger partial charge in [0.2, 0.25) is 0 Å². The van der Waals surface area contributed by atoms with Crippen LogP contribution in [0.1, 0.15) is 0 Å². The number of nitrogens with one attached hydrogen (secondary N) is 1. The van der Waals surface area contributed by atoms with Crippen molar-refractivity contribution >= 4 is 0 Å². The van der Waals surface area contributed by atoms with Gasteiger partial charge in [-0.25, -0.2) is 0 Å². The SMILES string of the molecule is NN[O-].[K+]. The van der Waals surface area contributed by atoms with Gasteiger partial charge in [-0.1, -0.05) is 0 Å². The Hall–Kier alpha value is 1.52. The van der Waals surface area contributed by atoms with Crippen LogP contribution in [0.15, 0.2) is 0 Å². The maximum Gasteiger partial charge on any atom is 1.00 e. The van der Waals surface area contributed by atoms with E-state index in [9.17, 15) is 0 Å². The molecule has 0 aliphatic carbocycles. The van der Waals surface area contributed by atoms with Crippen molar-refractivity contribution in [3.63, 3.8) is 0 Å². The van der Waals surface area contributed by atoms with Crippen molar-refractivity contribution in [3.8, 4) is 0 Å². The Morgan fingerprint density at radius 1 is 1.75 bits per heavy atom. The molecular weight excluding hydrogens is 83.1 g/mol. The quantitative estimate of drug-likeness (QED) is 0.179. The number of hydrogen-bond donors (Lipinski definition) is 2. The van der Waals surface area contributed by atoms with E-state index in [2.05, 4.69) is 5.84 Å². The zero-order chi connectivity index (χ0) is 2.71. The maximum atomic E-state index is 8.46. The summed E-state index contributed by atoms with van der Waals surface area (Å²) in [6.45, 7) is 0. The van der Waals surface area contributed by atoms with E-state index in [1.165, 1.54) is 0 Å². The van der Waals surface area contributed by atoms with Crippen LogP contribution in [0.5, 0.6) is 0 Å². The second-order valence-electron chi connectivity index (χ2n) is 0.118. The van der Waals surface area contributed by atoms with Crippen LogP contribution in [0, 0.1) is 5.21 Å². The molecule has 3 N–H and O–H groups in total. The van der Waals surface area contributed by atoms with E-state index in [0.29, 0.717) is 0 Å². The Kier molecular flexibility index (Phi) is 20.1. The summed E-state index contributed by atoms with van der Waals surface area (Å²) in [7, 11) is 0. The molecule has 0 spiro atoms. The Morgan fingerprint density at radius 2 is 1.75 bits per heavy atom. The van der Waals surface area contributed by atoms with Crippen LogP contribution < -0.4 is 62.8 Å². The second-order valence-corrected chi connectivity index (χ2v) is 0.118. The summed E-state index contributed by atoms with van der Waals surface area (Å²) in [5.74, 6) is 4.04. The van der Waals surface area contributed by atoms with Crippen LogP contribution in [0.4, 0.5) is 0 Å². The molecule has 20 valence electrons. The minimum Gasteiger partial charge on any atom is -0.775 e. The summed E-state index contributed by atoms with van der Waals surface area (Å²) in [4.78, 5) is 0. The minimum atomic E-state index is 0. The van der Waals surface area contributed by atoms with Gasteiger partial charge in [0.15, 0.2) is 0 Å². The monoisotopic (exact) mass is 86.0 g/mol. The molecule has 0 rings (SSSR count). The van der Waals surface area contributed by atoms with Crippen LogP contribution >= 0.6 is 0 Å². The molecule has 0 saturated heterocycles. The molecule has 0 radical (unpaired) electrons. The average molecular weight is 86.1 g/mol. The second kappa shape index (κ2) is 8.82. The smallest absolute Gasteiger partial charge is 0.775 e. The van der Waals surface area contributed by atoms with Gasteiger partial charge < -0.3 is 10.8 Å². The van der Waals surface area contributed by atoms with Crippen LogP contribution in [-0.4, -0.2) is 0 Å². The van der Waals surface area contributed by atoms with Crippen molar-refractivity contribution in [3.05, 3.63) is 5.21 Å². The van der Waals surface area contributed by atoms with Gasteiger partial charge >= 0.3 is 51.4 Å². The van der Waals surface area contributed by atoms with Gasteiger partial charge in [-0.15, -0.1) is 0 Å². The van der Waals surface area contributed by atoms with Crippen LogP contribution in [0.2, 0.25) is 0 Å². The van der Waals surface area contributed by atoms with Crippen LogP contribution in [-0.2, 0) is 0 Å². The maximum absolute atomic E-state index is 8.46. The average Bonchev–Trinajstić information content (AvgIpc) is 0.918. The van der Waals surface area contributed by atoms with Gasteiger partial charge in [-0.3, -0.25) is 5.84 Å².